The molecule has 0 aliphatic heterocycles. The molecule has 0 aromatic carbocycles. The topological polar surface area (TPSA) is 118 Å². The van der Waals surface area contributed by atoms with Gasteiger partial charge in [-0.15, -0.1) is 10.2 Å². The first-order valence-corrected chi connectivity index (χ1v) is 11.0. The van der Waals surface area contributed by atoms with Gasteiger partial charge in [-0.05, 0) is 31.5 Å². The molecular formula is C21H23N7O2S. The van der Waals surface area contributed by atoms with Gasteiger partial charge in [0.15, 0.2) is 0 Å². The summed E-state index contributed by atoms with van der Waals surface area (Å²) in [5, 5.41) is 20.6. The highest BCUT2D eigenvalue weighted by Crippen LogP contribution is 2.16. The number of amides is 1. The number of anilines is 1. The molecule has 4 rings (SSSR count). The van der Waals surface area contributed by atoms with E-state index in [0.29, 0.717) is 28.4 Å². The molecule has 0 radical (unpaired) electrons. The van der Waals surface area contributed by atoms with Crippen LogP contribution in [0.1, 0.15) is 48.0 Å². The predicted octanol–water partition coefficient (Wildman–Crippen LogP) is 3.12. The second kappa shape index (κ2) is 8.76. The Balaban J connectivity index is 1.87. The van der Waals surface area contributed by atoms with E-state index in [4.69, 9.17) is 5.41 Å². The monoisotopic (exact) mass is 437 g/mol. The van der Waals surface area contributed by atoms with Crippen LogP contribution in [0.15, 0.2) is 35.3 Å². The average molecular weight is 438 g/mol. The summed E-state index contributed by atoms with van der Waals surface area (Å²) in [7, 11) is 0. The van der Waals surface area contributed by atoms with Crippen LogP contribution in [0.5, 0.6) is 0 Å². The number of carbonyl (C=O) groups excluding carboxylic acids is 1. The molecule has 2 N–H and O–H groups in total. The first-order valence-electron chi connectivity index (χ1n) is 10.2. The van der Waals surface area contributed by atoms with Crippen LogP contribution in [0.2, 0.25) is 0 Å². The molecule has 0 saturated heterocycles. The molecule has 0 aliphatic rings. The molecule has 31 heavy (non-hydrogen) atoms. The third-order valence-electron chi connectivity index (χ3n) is 5.04. The van der Waals surface area contributed by atoms with Gasteiger partial charge in [-0.2, -0.15) is 0 Å². The fourth-order valence-electron chi connectivity index (χ4n) is 3.49. The van der Waals surface area contributed by atoms with Crippen molar-refractivity contribution in [2.24, 2.45) is 0 Å². The fourth-order valence-corrected chi connectivity index (χ4v) is 4.07. The Morgan fingerprint density at radius 2 is 2.06 bits per heavy atom. The lowest BCUT2D eigenvalue weighted by molar-refractivity contribution is 0.102. The van der Waals surface area contributed by atoms with Gasteiger partial charge in [0.1, 0.15) is 21.8 Å². The summed E-state index contributed by atoms with van der Waals surface area (Å²) in [5.41, 5.74) is 0.772. The summed E-state index contributed by atoms with van der Waals surface area (Å²) >= 11 is 1.25. The smallest absolute Gasteiger partial charge is 0.267 e. The number of hydrogen-bond donors (Lipinski definition) is 2. The van der Waals surface area contributed by atoms with Crippen LogP contribution in [-0.2, 0) is 6.54 Å². The van der Waals surface area contributed by atoms with Crippen LogP contribution >= 0.6 is 11.3 Å². The third kappa shape index (κ3) is 4.11. The Morgan fingerprint density at radius 1 is 1.23 bits per heavy atom. The number of fused-ring (bicyclic) bond motifs is 2. The maximum Gasteiger partial charge on any atom is 0.267 e. The van der Waals surface area contributed by atoms with Gasteiger partial charge in [0, 0.05) is 12.7 Å². The summed E-state index contributed by atoms with van der Waals surface area (Å²) in [6.07, 6.45) is 5.65. The fraction of sp³-hybridized carbons (Fsp3) is 0.333. The Morgan fingerprint density at radius 3 is 2.81 bits per heavy atom. The number of pyridine rings is 2. The average Bonchev–Trinajstić information content (AvgIpc) is 3.17. The Hall–Kier alpha value is -3.40. The van der Waals surface area contributed by atoms with E-state index in [1.165, 1.54) is 21.8 Å². The lowest BCUT2D eigenvalue weighted by atomic mass is 10.1. The van der Waals surface area contributed by atoms with Crippen molar-refractivity contribution in [3.63, 3.8) is 0 Å². The van der Waals surface area contributed by atoms with Crippen molar-refractivity contribution in [2.75, 3.05) is 5.32 Å². The molecule has 0 bridgehead atoms. The van der Waals surface area contributed by atoms with Crippen LogP contribution in [0, 0.1) is 12.3 Å². The number of nitrogens with zero attached hydrogens (tertiary/aromatic N) is 5. The second-order valence-electron chi connectivity index (χ2n) is 7.28. The minimum atomic E-state index is -0.497. The first kappa shape index (κ1) is 20.9. The minimum Gasteiger partial charge on any atom is -0.310 e. The number of hydrogen-bond acceptors (Lipinski definition) is 7. The number of unbranched alkanes of at least 4 members (excludes halogenated alkanes) is 3. The van der Waals surface area contributed by atoms with Crippen molar-refractivity contribution in [3.05, 3.63) is 56.9 Å². The van der Waals surface area contributed by atoms with E-state index in [1.807, 2.05) is 6.07 Å². The quantitative estimate of drug-likeness (QED) is 0.340. The van der Waals surface area contributed by atoms with E-state index >= 15 is 0 Å². The molecule has 0 aliphatic carbocycles. The van der Waals surface area contributed by atoms with Gasteiger partial charge >= 0.3 is 0 Å². The third-order valence-corrected chi connectivity index (χ3v) is 5.80. The highest BCUT2D eigenvalue weighted by atomic mass is 32.1. The van der Waals surface area contributed by atoms with E-state index < -0.39 is 5.91 Å². The molecular weight excluding hydrogens is 414 g/mol. The van der Waals surface area contributed by atoms with E-state index in [0.717, 1.165) is 30.7 Å². The van der Waals surface area contributed by atoms with Gasteiger partial charge in [-0.1, -0.05) is 43.6 Å². The van der Waals surface area contributed by atoms with E-state index in [-0.39, 0.29) is 16.6 Å². The van der Waals surface area contributed by atoms with Crippen molar-refractivity contribution in [1.82, 2.24) is 24.1 Å². The molecule has 9 nitrogen and oxygen atoms in total. The highest BCUT2D eigenvalue weighted by Gasteiger charge is 2.18. The van der Waals surface area contributed by atoms with Crippen molar-refractivity contribution in [2.45, 2.75) is 46.1 Å². The lowest BCUT2D eigenvalue weighted by Gasteiger charge is -2.14. The van der Waals surface area contributed by atoms with Gasteiger partial charge in [-0.25, -0.2) is 4.98 Å². The van der Waals surface area contributed by atoms with Crippen molar-refractivity contribution in [3.8, 4) is 0 Å². The lowest BCUT2D eigenvalue weighted by Crippen LogP contribution is -2.32. The maximum atomic E-state index is 13.2. The number of aryl methyl sites for hydroxylation is 2. The van der Waals surface area contributed by atoms with Gasteiger partial charge < -0.3 is 4.57 Å². The van der Waals surface area contributed by atoms with Gasteiger partial charge in [0.25, 0.3) is 11.5 Å². The van der Waals surface area contributed by atoms with E-state index in [1.54, 1.807) is 29.8 Å². The van der Waals surface area contributed by atoms with Crippen LogP contribution in [-0.4, -0.2) is 30.1 Å². The molecule has 4 heterocycles. The van der Waals surface area contributed by atoms with Crippen molar-refractivity contribution in [1.29, 1.82) is 5.41 Å². The highest BCUT2D eigenvalue weighted by molar-refractivity contribution is 7.15. The van der Waals surface area contributed by atoms with Gasteiger partial charge in [-0.3, -0.25) is 24.7 Å². The predicted molar refractivity (Wildman–Crippen MR) is 120 cm³/mol. The Bertz CT molecular complexity index is 1390. The summed E-state index contributed by atoms with van der Waals surface area (Å²) in [5.74, 6) is -0.497. The van der Waals surface area contributed by atoms with Crippen LogP contribution in [0.25, 0.3) is 16.7 Å². The van der Waals surface area contributed by atoms with Crippen LogP contribution in [0.4, 0.5) is 5.13 Å². The summed E-state index contributed by atoms with van der Waals surface area (Å²) in [6.45, 7) is 4.43. The molecule has 4 aromatic heterocycles. The zero-order chi connectivity index (χ0) is 22.0. The number of nitrogens with one attached hydrogen (secondary N) is 2. The van der Waals surface area contributed by atoms with E-state index in [9.17, 15) is 9.59 Å². The Kier molecular flexibility index (Phi) is 5.90. The minimum absolute atomic E-state index is 0.0231. The molecule has 10 heteroatoms. The summed E-state index contributed by atoms with van der Waals surface area (Å²) in [6, 6.07) is 6.78. The largest absolute Gasteiger partial charge is 0.310 e. The Labute approximate surface area is 181 Å². The molecule has 160 valence electrons. The SMILES string of the molecule is CCCCCCn1c(=N)c(C(=O)Nc2nnc(C)s2)cc2c(=O)n3ccccc3nc21. The summed E-state index contributed by atoms with van der Waals surface area (Å²) in [4.78, 5) is 30.8. The summed E-state index contributed by atoms with van der Waals surface area (Å²) < 4.78 is 3.11. The molecule has 4 aromatic rings. The van der Waals surface area contributed by atoms with Crippen molar-refractivity contribution >= 4 is 39.1 Å². The zero-order valence-corrected chi connectivity index (χ0v) is 18.2. The first-order chi connectivity index (χ1) is 15.0. The second-order valence-corrected chi connectivity index (χ2v) is 8.46. The maximum absolute atomic E-state index is 13.2. The number of rotatable bonds is 7. The van der Waals surface area contributed by atoms with Gasteiger partial charge in [0.2, 0.25) is 5.13 Å². The molecule has 0 spiro atoms. The number of carbonyl (C=O) groups is 1. The molecule has 0 unspecified atom stereocenters. The standard InChI is InChI=1S/C21H23N7O2S/c1-3-4-5-7-11-28-17(22)14(19(29)24-21-26-25-13(2)31-21)12-15-18(28)23-16-9-6-8-10-27(16)20(15)30/h6,8-10,12,22H,3-5,7,11H2,1-2H3,(H,24,26,29). The van der Waals surface area contributed by atoms with E-state index in [2.05, 4.69) is 27.4 Å². The molecule has 1 amide bonds. The number of aromatic nitrogens is 5. The van der Waals surface area contributed by atoms with Crippen LogP contribution in [0.3, 0.4) is 0 Å². The normalized spacial score (nSPS) is 11.3. The van der Waals surface area contributed by atoms with Crippen LogP contribution < -0.4 is 16.4 Å². The molecule has 0 atom stereocenters. The molecule has 0 saturated carbocycles. The van der Waals surface area contributed by atoms with Crippen molar-refractivity contribution < 1.29 is 4.79 Å². The zero-order valence-electron chi connectivity index (χ0n) is 17.4. The van der Waals surface area contributed by atoms with Gasteiger partial charge in [0.05, 0.1) is 10.9 Å². The molecule has 0 fully saturated rings.